The number of para-hydroxylation sites is 1. The topological polar surface area (TPSA) is 71.3 Å². The minimum Gasteiger partial charge on any atom is -0.465 e. The Kier molecular flexibility index (Phi) is 6.81. The van der Waals surface area contributed by atoms with Gasteiger partial charge in [-0.3, -0.25) is 9.59 Å². The highest BCUT2D eigenvalue weighted by Gasteiger charge is 2.18. The lowest BCUT2D eigenvalue weighted by molar-refractivity contribution is -0.111. The molecule has 0 saturated heterocycles. The Bertz CT molecular complexity index is 1250. The largest absolute Gasteiger partial charge is 0.465 e. The summed E-state index contributed by atoms with van der Waals surface area (Å²) in [5.41, 5.74) is 2.99. The van der Waals surface area contributed by atoms with E-state index in [0.29, 0.717) is 22.6 Å². The van der Waals surface area contributed by atoms with Gasteiger partial charge in [-0.25, -0.2) is 0 Å². The smallest absolute Gasteiger partial charge is 0.256 e. The lowest BCUT2D eigenvalue weighted by Gasteiger charge is -2.17. The molecule has 1 heterocycles. The molecule has 2 N–H and O–H groups in total. The Balaban J connectivity index is 1.58. The molecule has 1 atom stereocenters. The molecule has 5 nitrogen and oxygen atoms in total. The van der Waals surface area contributed by atoms with E-state index in [-0.39, 0.29) is 17.9 Å². The summed E-state index contributed by atoms with van der Waals surface area (Å²) in [7, 11) is 0. The van der Waals surface area contributed by atoms with Crippen LogP contribution in [-0.4, -0.2) is 11.8 Å². The maximum atomic E-state index is 13.3. The van der Waals surface area contributed by atoms with E-state index >= 15 is 0 Å². The standard InChI is InChI=1S/C28H24N2O3/c1-20(21-11-4-2-5-12-21)29-27(31)24-16-8-9-17-26(24)30-28(32)25(19-23-15-10-18-33-23)22-13-6-3-7-14-22/h2-20H,1H3,(H,29,31)(H,30,32)/b25-19+/t20-/m0/s1. The maximum absolute atomic E-state index is 13.3. The third kappa shape index (κ3) is 5.46. The van der Waals surface area contributed by atoms with Crippen LogP contribution in [0, 0.1) is 0 Å². The average molecular weight is 437 g/mol. The third-order valence-electron chi connectivity index (χ3n) is 5.23. The van der Waals surface area contributed by atoms with Gasteiger partial charge in [0.05, 0.1) is 29.1 Å². The van der Waals surface area contributed by atoms with E-state index < -0.39 is 0 Å². The first kappa shape index (κ1) is 21.8. The fourth-order valence-corrected chi connectivity index (χ4v) is 3.49. The quantitative estimate of drug-likeness (QED) is 0.352. The molecule has 3 aromatic carbocycles. The highest BCUT2D eigenvalue weighted by atomic mass is 16.3. The van der Waals surface area contributed by atoms with Crippen LogP contribution < -0.4 is 10.6 Å². The van der Waals surface area contributed by atoms with Crippen LogP contribution >= 0.6 is 0 Å². The SMILES string of the molecule is C[C@H](NC(=O)c1ccccc1NC(=O)/C(=C/c1ccco1)c1ccccc1)c1ccccc1. The molecule has 0 unspecified atom stereocenters. The first-order chi connectivity index (χ1) is 16.1. The molecule has 5 heteroatoms. The van der Waals surface area contributed by atoms with Crippen LogP contribution in [-0.2, 0) is 4.79 Å². The third-order valence-corrected chi connectivity index (χ3v) is 5.23. The van der Waals surface area contributed by atoms with E-state index in [0.717, 1.165) is 11.1 Å². The predicted octanol–water partition coefficient (Wildman–Crippen LogP) is 5.95. The van der Waals surface area contributed by atoms with Gasteiger partial charge in [0.25, 0.3) is 11.8 Å². The normalized spacial score (nSPS) is 12.1. The van der Waals surface area contributed by atoms with Crippen molar-refractivity contribution in [3.8, 4) is 0 Å². The fourth-order valence-electron chi connectivity index (χ4n) is 3.49. The molecule has 0 saturated carbocycles. The van der Waals surface area contributed by atoms with Crippen molar-refractivity contribution >= 4 is 29.2 Å². The lowest BCUT2D eigenvalue weighted by Crippen LogP contribution is -2.28. The Labute approximate surface area is 192 Å². The zero-order chi connectivity index (χ0) is 23.0. The number of rotatable bonds is 7. The van der Waals surface area contributed by atoms with Gasteiger partial charge < -0.3 is 15.1 Å². The van der Waals surface area contributed by atoms with Crippen LogP contribution in [0.5, 0.6) is 0 Å². The van der Waals surface area contributed by atoms with Gasteiger partial charge in [-0.05, 0) is 48.4 Å². The summed E-state index contributed by atoms with van der Waals surface area (Å²) in [6.07, 6.45) is 3.24. The second-order valence-corrected chi connectivity index (χ2v) is 7.54. The maximum Gasteiger partial charge on any atom is 0.256 e. The van der Waals surface area contributed by atoms with Gasteiger partial charge in [0.1, 0.15) is 5.76 Å². The molecule has 0 aliphatic heterocycles. The second-order valence-electron chi connectivity index (χ2n) is 7.54. The number of carbonyl (C=O) groups excluding carboxylic acids is 2. The van der Waals surface area contributed by atoms with Crippen molar-refractivity contribution in [3.63, 3.8) is 0 Å². The van der Waals surface area contributed by atoms with Gasteiger partial charge in [0.2, 0.25) is 0 Å². The first-order valence-electron chi connectivity index (χ1n) is 10.7. The van der Waals surface area contributed by atoms with Crippen molar-refractivity contribution in [3.05, 3.63) is 126 Å². The van der Waals surface area contributed by atoms with Gasteiger partial charge in [0.15, 0.2) is 0 Å². The molecule has 0 aliphatic carbocycles. The van der Waals surface area contributed by atoms with Crippen molar-refractivity contribution in [2.45, 2.75) is 13.0 Å². The molecule has 0 radical (unpaired) electrons. The highest BCUT2D eigenvalue weighted by molar-refractivity contribution is 6.29. The molecule has 0 bridgehead atoms. The van der Waals surface area contributed by atoms with Gasteiger partial charge in [-0.1, -0.05) is 72.8 Å². The number of anilines is 1. The number of hydrogen-bond donors (Lipinski definition) is 2. The Hall–Kier alpha value is -4.38. The van der Waals surface area contributed by atoms with Crippen LogP contribution in [0.2, 0.25) is 0 Å². The van der Waals surface area contributed by atoms with E-state index in [1.165, 1.54) is 0 Å². The van der Waals surface area contributed by atoms with Gasteiger partial charge in [0, 0.05) is 0 Å². The van der Waals surface area contributed by atoms with E-state index in [4.69, 9.17) is 4.42 Å². The number of hydrogen-bond acceptors (Lipinski definition) is 3. The van der Waals surface area contributed by atoms with E-state index in [1.807, 2.05) is 67.6 Å². The van der Waals surface area contributed by atoms with E-state index in [9.17, 15) is 9.59 Å². The van der Waals surface area contributed by atoms with Crippen LogP contribution in [0.1, 0.15) is 40.2 Å². The molecule has 2 amide bonds. The number of benzene rings is 3. The molecule has 164 valence electrons. The molecule has 4 rings (SSSR count). The summed E-state index contributed by atoms with van der Waals surface area (Å²) in [6, 6.07) is 29.4. The summed E-state index contributed by atoms with van der Waals surface area (Å²) < 4.78 is 5.41. The number of nitrogens with one attached hydrogen (secondary N) is 2. The second kappa shape index (κ2) is 10.3. The molecule has 0 fully saturated rings. The Morgan fingerprint density at radius 2 is 1.48 bits per heavy atom. The minimum atomic E-state index is -0.339. The van der Waals surface area contributed by atoms with E-state index in [2.05, 4.69) is 10.6 Å². The summed E-state index contributed by atoms with van der Waals surface area (Å²) in [6.45, 7) is 1.92. The molecule has 4 aromatic rings. The van der Waals surface area contributed by atoms with Crippen molar-refractivity contribution in [2.75, 3.05) is 5.32 Å². The monoisotopic (exact) mass is 436 g/mol. The predicted molar refractivity (Wildman–Crippen MR) is 130 cm³/mol. The van der Waals surface area contributed by atoms with Gasteiger partial charge >= 0.3 is 0 Å². The van der Waals surface area contributed by atoms with Crippen molar-refractivity contribution in [1.82, 2.24) is 5.32 Å². The molecule has 33 heavy (non-hydrogen) atoms. The van der Waals surface area contributed by atoms with Crippen molar-refractivity contribution in [1.29, 1.82) is 0 Å². The average Bonchev–Trinajstić information content (AvgIpc) is 3.37. The van der Waals surface area contributed by atoms with Gasteiger partial charge in [-0.2, -0.15) is 0 Å². The van der Waals surface area contributed by atoms with Gasteiger partial charge in [-0.15, -0.1) is 0 Å². The van der Waals surface area contributed by atoms with Crippen LogP contribution in [0.3, 0.4) is 0 Å². The lowest BCUT2D eigenvalue weighted by atomic mass is 10.0. The zero-order valence-electron chi connectivity index (χ0n) is 18.2. The van der Waals surface area contributed by atoms with Crippen LogP contribution in [0.15, 0.2) is 108 Å². The Morgan fingerprint density at radius 1 is 0.818 bits per heavy atom. The number of amides is 2. The summed E-state index contributed by atoms with van der Waals surface area (Å²) >= 11 is 0. The van der Waals surface area contributed by atoms with E-state index in [1.54, 1.807) is 48.7 Å². The zero-order valence-corrected chi connectivity index (χ0v) is 18.2. The molecular formula is C28H24N2O3. The van der Waals surface area contributed by atoms with Crippen LogP contribution in [0.4, 0.5) is 5.69 Å². The van der Waals surface area contributed by atoms with Crippen molar-refractivity contribution < 1.29 is 14.0 Å². The number of furan rings is 1. The summed E-state index contributed by atoms with van der Waals surface area (Å²) in [5.74, 6) is -0.0424. The fraction of sp³-hybridized carbons (Fsp3) is 0.0714. The number of carbonyl (C=O) groups is 2. The molecule has 0 spiro atoms. The summed E-state index contributed by atoms with van der Waals surface area (Å²) in [4.78, 5) is 26.3. The molecule has 0 aliphatic rings. The Morgan fingerprint density at radius 3 is 2.18 bits per heavy atom. The summed E-state index contributed by atoms with van der Waals surface area (Å²) in [5, 5.41) is 5.91. The molecular weight excluding hydrogens is 412 g/mol. The first-order valence-corrected chi connectivity index (χ1v) is 10.7. The molecule has 1 aromatic heterocycles. The van der Waals surface area contributed by atoms with Crippen LogP contribution in [0.25, 0.3) is 11.6 Å². The minimum absolute atomic E-state index is 0.179. The highest BCUT2D eigenvalue weighted by Crippen LogP contribution is 2.23. The van der Waals surface area contributed by atoms with Crippen molar-refractivity contribution in [2.24, 2.45) is 0 Å².